The van der Waals surface area contributed by atoms with Crippen molar-refractivity contribution in [2.24, 2.45) is 5.84 Å². The number of anilines is 2. The second-order valence-electron chi connectivity index (χ2n) is 5.60. The van der Waals surface area contributed by atoms with Gasteiger partial charge in [0.15, 0.2) is 0 Å². The number of hydrogen-bond acceptors (Lipinski definition) is 6. The maximum Gasteiger partial charge on any atom is 0.239 e. The first kappa shape index (κ1) is 16.2. The molecule has 7 heteroatoms. The van der Waals surface area contributed by atoms with Gasteiger partial charge in [0.05, 0.1) is 6.54 Å². The molecule has 1 aromatic heterocycles. The number of nitrogens with one attached hydrogen (secondary N) is 3. The highest BCUT2D eigenvalue weighted by Crippen LogP contribution is 2.20. The predicted molar refractivity (Wildman–Crippen MR) is 80.2 cm³/mol. The van der Waals surface area contributed by atoms with Gasteiger partial charge in [0, 0.05) is 11.1 Å². The molecule has 5 N–H and O–H groups in total. The molecule has 0 fully saturated rings. The van der Waals surface area contributed by atoms with E-state index in [1.807, 2.05) is 20.8 Å². The fourth-order valence-corrected chi connectivity index (χ4v) is 1.80. The zero-order chi connectivity index (χ0) is 15.2. The van der Waals surface area contributed by atoms with Crippen molar-refractivity contribution in [2.75, 3.05) is 17.3 Å². The molecule has 1 heterocycles. The monoisotopic (exact) mass is 280 g/mol. The van der Waals surface area contributed by atoms with Crippen molar-refractivity contribution >= 4 is 17.5 Å². The van der Waals surface area contributed by atoms with E-state index in [9.17, 15) is 4.79 Å². The molecular weight excluding hydrogens is 256 g/mol. The van der Waals surface area contributed by atoms with Crippen molar-refractivity contribution in [2.45, 2.75) is 46.1 Å². The normalized spacial score (nSPS) is 11.1. The number of nitrogens with two attached hydrogens (primary N) is 1. The molecule has 0 unspecified atom stereocenters. The van der Waals surface area contributed by atoms with Crippen LogP contribution in [-0.4, -0.2) is 28.0 Å². The van der Waals surface area contributed by atoms with E-state index < -0.39 is 0 Å². The van der Waals surface area contributed by atoms with Crippen LogP contribution >= 0.6 is 0 Å². The van der Waals surface area contributed by atoms with Gasteiger partial charge < -0.3 is 16.1 Å². The predicted octanol–water partition coefficient (Wildman–Crippen LogP) is 1.04. The summed E-state index contributed by atoms with van der Waals surface area (Å²) >= 11 is 0. The number of nitrogens with zero attached hydrogens (tertiary/aromatic N) is 2. The van der Waals surface area contributed by atoms with Crippen LogP contribution in [0.2, 0.25) is 0 Å². The molecule has 0 spiro atoms. The summed E-state index contributed by atoms with van der Waals surface area (Å²) in [6.07, 6.45) is 3.13. The van der Waals surface area contributed by atoms with Crippen LogP contribution in [0.4, 0.5) is 11.6 Å². The fourth-order valence-electron chi connectivity index (χ4n) is 1.80. The van der Waals surface area contributed by atoms with Gasteiger partial charge in [-0.1, -0.05) is 13.3 Å². The smallest absolute Gasteiger partial charge is 0.239 e. The van der Waals surface area contributed by atoms with Crippen LogP contribution in [-0.2, 0) is 11.2 Å². The van der Waals surface area contributed by atoms with Crippen LogP contribution in [0.25, 0.3) is 0 Å². The summed E-state index contributed by atoms with van der Waals surface area (Å²) in [4.78, 5) is 20.1. The van der Waals surface area contributed by atoms with E-state index in [1.54, 1.807) is 0 Å². The third kappa shape index (κ3) is 5.00. The van der Waals surface area contributed by atoms with E-state index in [2.05, 4.69) is 33.0 Å². The lowest BCUT2D eigenvalue weighted by molar-refractivity contribution is -0.120. The Kier molecular flexibility index (Phi) is 5.69. The van der Waals surface area contributed by atoms with Crippen molar-refractivity contribution in [1.82, 2.24) is 15.3 Å². The van der Waals surface area contributed by atoms with Gasteiger partial charge in [-0.3, -0.25) is 4.79 Å². The van der Waals surface area contributed by atoms with E-state index in [4.69, 9.17) is 5.84 Å². The molecule has 0 radical (unpaired) electrons. The summed E-state index contributed by atoms with van der Waals surface area (Å²) in [5.41, 5.74) is 3.20. The second-order valence-corrected chi connectivity index (χ2v) is 5.60. The Hall–Kier alpha value is -1.89. The lowest BCUT2D eigenvalue weighted by atomic mass is 10.1. The van der Waals surface area contributed by atoms with Crippen LogP contribution in [0.15, 0.2) is 6.33 Å². The largest absolute Gasteiger partial charge is 0.361 e. The zero-order valence-corrected chi connectivity index (χ0v) is 12.6. The van der Waals surface area contributed by atoms with Gasteiger partial charge in [0.2, 0.25) is 5.91 Å². The number of amides is 1. The summed E-state index contributed by atoms with van der Waals surface area (Å²) in [5, 5.41) is 5.92. The summed E-state index contributed by atoms with van der Waals surface area (Å²) in [6, 6.07) is 0. The van der Waals surface area contributed by atoms with Crippen LogP contribution in [0, 0.1) is 0 Å². The van der Waals surface area contributed by atoms with Crippen LogP contribution in [0.1, 0.15) is 39.7 Å². The van der Waals surface area contributed by atoms with E-state index >= 15 is 0 Å². The first-order chi connectivity index (χ1) is 9.37. The first-order valence-corrected chi connectivity index (χ1v) is 6.72. The third-order valence-electron chi connectivity index (χ3n) is 2.51. The van der Waals surface area contributed by atoms with Crippen molar-refractivity contribution in [3.63, 3.8) is 0 Å². The molecule has 1 aromatic rings. The van der Waals surface area contributed by atoms with Gasteiger partial charge in [0.1, 0.15) is 18.0 Å². The zero-order valence-electron chi connectivity index (χ0n) is 12.6. The molecule has 0 aliphatic heterocycles. The maximum atomic E-state index is 11.8. The number of carbonyl (C=O) groups excluding carboxylic acids is 1. The Morgan fingerprint density at radius 2 is 1.95 bits per heavy atom. The Morgan fingerprint density at radius 3 is 2.50 bits per heavy atom. The van der Waals surface area contributed by atoms with E-state index in [-0.39, 0.29) is 18.0 Å². The fraction of sp³-hybridized carbons (Fsp3) is 0.615. The van der Waals surface area contributed by atoms with Gasteiger partial charge in [-0.2, -0.15) is 0 Å². The SMILES string of the molecule is CCCc1c(NN)ncnc1NCC(=O)NC(C)(C)C. The summed E-state index contributed by atoms with van der Waals surface area (Å²) in [5.74, 6) is 6.58. The lowest BCUT2D eigenvalue weighted by Gasteiger charge is -2.21. The first-order valence-electron chi connectivity index (χ1n) is 6.72. The molecule has 7 nitrogen and oxygen atoms in total. The van der Waals surface area contributed by atoms with Gasteiger partial charge in [-0.05, 0) is 27.2 Å². The number of nitrogen functional groups attached to an aromatic ring is 1. The highest BCUT2D eigenvalue weighted by molar-refractivity contribution is 5.81. The quantitative estimate of drug-likeness (QED) is 0.458. The molecule has 0 aromatic carbocycles. The molecule has 0 saturated carbocycles. The third-order valence-corrected chi connectivity index (χ3v) is 2.51. The average Bonchev–Trinajstić information content (AvgIpc) is 2.35. The Bertz CT molecular complexity index is 455. The Labute approximate surface area is 119 Å². The Morgan fingerprint density at radius 1 is 1.30 bits per heavy atom. The Balaban J connectivity index is 2.74. The van der Waals surface area contributed by atoms with Crippen LogP contribution in [0.3, 0.4) is 0 Å². The molecule has 0 bridgehead atoms. The van der Waals surface area contributed by atoms with Gasteiger partial charge in [-0.15, -0.1) is 0 Å². The van der Waals surface area contributed by atoms with Crippen LogP contribution < -0.4 is 21.9 Å². The van der Waals surface area contributed by atoms with Crippen molar-refractivity contribution in [3.05, 3.63) is 11.9 Å². The minimum Gasteiger partial charge on any atom is -0.361 e. The molecule has 0 aliphatic rings. The summed E-state index contributed by atoms with van der Waals surface area (Å²) < 4.78 is 0. The molecular formula is C13H24N6O. The van der Waals surface area contributed by atoms with E-state index in [1.165, 1.54) is 6.33 Å². The van der Waals surface area contributed by atoms with E-state index in [0.717, 1.165) is 18.4 Å². The number of rotatable bonds is 6. The molecule has 1 amide bonds. The number of aromatic nitrogens is 2. The average molecular weight is 280 g/mol. The highest BCUT2D eigenvalue weighted by atomic mass is 16.2. The summed E-state index contributed by atoms with van der Waals surface area (Å²) in [6.45, 7) is 8.04. The van der Waals surface area contributed by atoms with Crippen LogP contribution in [0.5, 0.6) is 0 Å². The number of carbonyl (C=O) groups is 1. The van der Waals surface area contributed by atoms with Gasteiger partial charge in [-0.25, -0.2) is 15.8 Å². The summed E-state index contributed by atoms with van der Waals surface area (Å²) in [7, 11) is 0. The topological polar surface area (TPSA) is 105 Å². The van der Waals surface area contributed by atoms with Crippen molar-refractivity contribution in [1.29, 1.82) is 0 Å². The van der Waals surface area contributed by atoms with Gasteiger partial charge >= 0.3 is 0 Å². The minimum absolute atomic E-state index is 0.0826. The molecule has 0 saturated heterocycles. The maximum absolute atomic E-state index is 11.8. The molecule has 20 heavy (non-hydrogen) atoms. The number of hydrazine groups is 1. The number of hydrogen-bond donors (Lipinski definition) is 4. The molecule has 0 aliphatic carbocycles. The van der Waals surface area contributed by atoms with E-state index in [0.29, 0.717) is 11.6 Å². The molecule has 0 atom stereocenters. The lowest BCUT2D eigenvalue weighted by Crippen LogP contribution is -2.43. The van der Waals surface area contributed by atoms with Crippen molar-refractivity contribution < 1.29 is 4.79 Å². The standard InChI is InChI=1S/C13H24N6O/c1-5-6-9-11(16-8-17-12(9)19-14)15-7-10(20)18-13(2,3)4/h8H,5-7,14H2,1-4H3,(H,18,20)(H2,15,16,17,19). The molecule has 1 rings (SSSR count). The second kappa shape index (κ2) is 7.04. The van der Waals surface area contributed by atoms with Gasteiger partial charge in [0.25, 0.3) is 0 Å². The minimum atomic E-state index is -0.249. The molecule has 112 valence electrons. The van der Waals surface area contributed by atoms with Crippen molar-refractivity contribution in [3.8, 4) is 0 Å². The highest BCUT2D eigenvalue weighted by Gasteiger charge is 2.15.